The Morgan fingerprint density at radius 3 is 2.89 bits per heavy atom. The minimum atomic E-state index is -0.334. The highest BCUT2D eigenvalue weighted by Gasteiger charge is 2.04. The number of nitrogen functional groups attached to an aromatic ring is 1. The van der Waals surface area contributed by atoms with E-state index in [9.17, 15) is 4.79 Å². The van der Waals surface area contributed by atoms with Crippen molar-refractivity contribution in [3.05, 3.63) is 29.8 Å². The summed E-state index contributed by atoms with van der Waals surface area (Å²) in [5.41, 5.74) is 2.55. The highest BCUT2D eigenvalue weighted by atomic mass is 16.5. The fourth-order valence-corrected chi connectivity index (χ4v) is 1.38. The molecule has 5 heteroatoms. The van der Waals surface area contributed by atoms with Gasteiger partial charge < -0.3 is 9.47 Å². The van der Waals surface area contributed by atoms with Crippen molar-refractivity contribution in [3.63, 3.8) is 0 Å². The van der Waals surface area contributed by atoms with Crippen LogP contribution in [0.15, 0.2) is 24.3 Å². The molecule has 100 valence electrons. The van der Waals surface area contributed by atoms with Crippen molar-refractivity contribution in [1.29, 1.82) is 0 Å². The molecular weight excluding hydrogens is 232 g/mol. The summed E-state index contributed by atoms with van der Waals surface area (Å²) in [6, 6.07) is 6.86. The Hall–Kier alpha value is -1.59. The number of hydrazine groups is 1. The highest BCUT2D eigenvalue weighted by molar-refractivity contribution is 5.94. The summed E-state index contributed by atoms with van der Waals surface area (Å²) in [5, 5.41) is 0. The molecular formula is C13H20N2O3. The second-order valence-electron chi connectivity index (χ2n) is 3.82. The van der Waals surface area contributed by atoms with Gasteiger partial charge in [-0.2, -0.15) is 0 Å². The summed E-state index contributed by atoms with van der Waals surface area (Å²) in [7, 11) is 0. The number of carbonyl (C=O) groups excluding carboxylic acids is 1. The topological polar surface area (TPSA) is 73.6 Å². The molecule has 0 heterocycles. The molecule has 0 unspecified atom stereocenters. The first-order valence-corrected chi connectivity index (χ1v) is 6.09. The van der Waals surface area contributed by atoms with Crippen molar-refractivity contribution in [2.24, 2.45) is 5.84 Å². The lowest BCUT2D eigenvalue weighted by molar-refractivity contribution is 0.0949. The number of carbonyl (C=O) groups is 1. The van der Waals surface area contributed by atoms with Gasteiger partial charge in [-0.3, -0.25) is 10.2 Å². The first-order chi connectivity index (χ1) is 8.77. The molecule has 18 heavy (non-hydrogen) atoms. The Morgan fingerprint density at radius 1 is 1.33 bits per heavy atom. The number of nitrogens with two attached hydrogens (primary N) is 1. The molecule has 0 aromatic heterocycles. The van der Waals surface area contributed by atoms with E-state index in [0.717, 1.165) is 19.4 Å². The molecule has 0 saturated carbocycles. The molecule has 3 N–H and O–H groups in total. The third kappa shape index (κ3) is 5.16. The molecule has 0 bridgehead atoms. The monoisotopic (exact) mass is 252 g/mol. The van der Waals surface area contributed by atoms with Crippen molar-refractivity contribution in [2.75, 3.05) is 19.8 Å². The average molecular weight is 252 g/mol. The molecule has 1 amide bonds. The van der Waals surface area contributed by atoms with Crippen LogP contribution in [-0.2, 0) is 4.74 Å². The number of amides is 1. The van der Waals surface area contributed by atoms with Crippen molar-refractivity contribution >= 4 is 5.91 Å². The van der Waals surface area contributed by atoms with E-state index in [4.69, 9.17) is 15.3 Å². The summed E-state index contributed by atoms with van der Waals surface area (Å²) in [5.74, 6) is 5.36. The van der Waals surface area contributed by atoms with Crippen LogP contribution < -0.4 is 16.0 Å². The standard InChI is InChI=1S/C13H20N2O3/c1-2-3-7-17-8-9-18-12-6-4-5-11(10-12)13(16)15-14/h4-6,10H,2-3,7-9,14H2,1H3,(H,15,16). The lowest BCUT2D eigenvalue weighted by Crippen LogP contribution is -2.29. The zero-order valence-corrected chi connectivity index (χ0v) is 10.6. The van der Waals surface area contributed by atoms with Gasteiger partial charge in [0.25, 0.3) is 5.91 Å². The number of unbranched alkanes of at least 4 members (excludes halogenated alkanes) is 1. The van der Waals surface area contributed by atoms with Crippen molar-refractivity contribution in [1.82, 2.24) is 5.43 Å². The van der Waals surface area contributed by atoms with Gasteiger partial charge in [-0.05, 0) is 24.6 Å². The van der Waals surface area contributed by atoms with Crippen LogP contribution in [0.1, 0.15) is 30.1 Å². The van der Waals surface area contributed by atoms with Gasteiger partial charge in [-0.1, -0.05) is 19.4 Å². The molecule has 1 rings (SSSR count). The van der Waals surface area contributed by atoms with Gasteiger partial charge in [0.15, 0.2) is 0 Å². The number of hydrogen-bond acceptors (Lipinski definition) is 4. The van der Waals surface area contributed by atoms with E-state index in [2.05, 4.69) is 12.3 Å². The number of nitrogens with one attached hydrogen (secondary N) is 1. The smallest absolute Gasteiger partial charge is 0.265 e. The van der Waals surface area contributed by atoms with Gasteiger partial charge in [-0.25, -0.2) is 5.84 Å². The highest BCUT2D eigenvalue weighted by Crippen LogP contribution is 2.12. The molecule has 5 nitrogen and oxygen atoms in total. The van der Waals surface area contributed by atoms with Crippen LogP contribution in [-0.4, -0.2) is 25.7 Å². The molecule has 0 spiro atoms. The molecule has 0 atom stereocenters. The zero-order chi connectivity index (χ0) is 13.2. The third-order valence-corrected chi connectivity index (χ3v) is 2.37. The number of ether oxygens (including phenoxy) is 2. The van der Waals surface area contributed by atoms with E-state index in [1.54, 1.807) is 24.3 Å². The predicted molar refractivity (Wildman–Crippen MR) is 69.3 cm³/mol. The summed E-state index contributed by atoms with van der Waals surface area (Å²) in [4.78, 5) is 11.3. The van der Waals surface area contributed by atoms with E-state index < -0.39 is 0 Å². The number of benzene rings is 1. The Balaban J connectivity index is 2.32. The maximum atomic E-state index is 11.3. The number of rotatable bonds is 8. The van der Waals surface area contributed by atoms with E-state index >= 15 is 0 Å². The summed E-state index contributed by atoms with van der Waals surface area (Å²) >= 11 is 0. The normalized spacial score (nSPS) is 10.1. The molecule has 0 fully saturated rings. The molecule has 0 aliphatic rings. The van der Waals surface area contributed by atoms with Crippen LogP contribution in [0.5, 0.6) is 5.75 Å². The van der Waals surface area contributed by atoms with Crippen LogP contribution in [0.3, 0.4) is 0 Å². The predicted octanol–water partition coefficient (Wildman–Crippen LogP) is 1.49. The first-order valence-electron chi connectivity index (χ1n) is 6.09. The van der Waals surface area contributed by atoms with Crippen LogP contribution in [0.4, 0.5) is 0 Å². The third-order valence-electron chi connectivity index (χ3n) is 2.37. The summed E-state index contributed by atoms with van der Waals surface area (Å²) in [6.45, 7) is 3.90. The SMILES string of the molecule is CCCCOCCOc1cccc(C(=O)NN)c1. The van der Waals surface area contributed by atoms with E-state index in [1.807, 2.05) is 0 Å². The number of hydrogen-bond donors (Lipinski definition) is 2. The fourth-order valence-electron chi connectivity index (χ4n) is 1.38. The van der Waals surface area contributed by atoms with Gasteiger partial charge in [0.2, 0.25) is 0 Å². The second-order valence-corrected chi connectivity index (χ2v) is 3.82. The maximum Gasteiger partial charge on any atom is 0.265 e. The summed E-state index contributed by atoms with van der Waals surface area (Å²) < 4.78 is 10.8. The lowest BCUT2D eigenvalue weighted by atomic mass is 10.2. The molecule has 0 aliphatic carbocycles. The lowest BCUT2D eigenvalue weighted by Gasteiger charge is -2.08. The Morgan fingerprint density at radius 2 is 2.17 bits per heavy atom. The Kier molecular flexibility index (Phi) is 6.83. The van der Waals surface area contributed by atoms with Crippen LogP contribution in [0, 0.1) is 0 Å². The van der Waals surface area contributed by atoms with E-state index in [1.165, 1.54) is 0 Å². The molecule has 1 aromatic carbocycles. The first kappa shape index (κ1) is 14.5. The van der Waals surface area contributed by atoms with Crippen molar-refractivity contribution in [2.45, 2.75) is 19.8 Å². The Labute approximate surface area is 107 Å². The fraction of sp³-hybridized carbons (Fsp3) is 0.462. The average Bonchev–Trinajstić information content (AvgIpc) is 2.42. The maximum absolute atomic E-state index is 11.3. The molecule has 1 aromatic rings. The summed E-state index contributed by atoms with van der Waals surface area (Å²) in [6.07, 6.45) is 2.18. The van der Waals surface area contributed by atoms with Gasteiger partial charge in [0.05, 0.1) is 6.61 Å². The van der Waals surface area contributed by atoms with Crippen LogP contribution >= 0.6 is 0 Å². The van der Waals surface area contributed by atoms with Crippen LogP contribution in [0.2, 0.25) is 0 Å². The van der Waals surface area contributed by atoms with Gasteiger partial charge in [0.1, 0.15) is 12.4 Å². The second kappa shape index (κ2) is 8.49. The van der Waals surface area contributed by atoms with Gasteiger partial charge in [0, 0.05) is 12.2 Å². The molecule has 0 saturated heterocycles. The minimum absolute atomic E-state index is 0.334. The minimum Gasteiger partial charge on any atom is -0.491 e. The van der Waals surface area contributed by atoms with Gasteiger partial charge in [-0.15, -0.1) is 0 Å². The van der Waals surface area contributed by atoms with E-state index in [-0.39, 0.29) is 5.91 Å². The van der Waals surface area contributed by atoms with E-state index in [0.29, 0.717) is 24.5 Å². The van der Waals surface area contributed by atoms with Crippen LogP contribution in [0.25, 0.3) is 0 Å². The van der Waals surface area contributed by atoms with Gasteiger partial charge >= 0.3 is 0 Å². The van der Waals surface area contributed by atoms with Crippen molar-refractivity contribution < 1.29 is 14.3 Å². The van der Waals surface area contributed by atoms with Crippen molar-refractivity contribution in [3.8, 4) is 5.75 Å². The largest absolute Gasteiger partial charge is 0.491 e. The molecule has 0 radical (unpaired) electrons. The Bertz CT molecular complexity index is 369. The quantitative estimate of drug-likeness (QED) is 0.318. The zero-order valence-electron chi connectivity index (χ0n) is 10.6. The molecule has 0 aliphatic heterocycles.